The molecule has 1 saturated heterocycles. The van der Waals surface area contributed by atoms with Crippen molar-refractivity contribution in [1.82, 2.24) is 9.47 Å². The molecule has 0 saturated carbocycles. The number of aromatic nitrogens is 1. The summed E-state index contributed by atoms with van der Waals surface area (Å²) in [6.07, 6.45) is 3.75. The summed E-state index contributed by atoms with van der Waals surface area (Å²) < 4.78 is 17.2. The van der Waals surface area contributed by atoms with E-state index < -0.39 is 17.0 Å². The summed E-state index contributed by atoms with van der Waals surface area (Å²) in [7, 11) is 0. The van der Waals surface area contributed by atoms with Crippen LogP contribution in [0.5, 0.6) is 0 Å². The average molecular weight is 521 g/mol. The van der Waals surface area contributed by atoms with Gasteiger partial charge in [0.05, 0.1) is 11.4 Å². The molecule has 1 fully saturated rings. The third-order valence-electron chi connectivity index (χ3n) is 5.53. The van der Waals surface area contributed by atoms with E-state index in [1.54, 1.807) is 24.3 Å². The fraction of sp³-hybridized carbons (Fsp3) is 0.0769. The second kappa shape index (κ2) is 9.00. The Bertz CT molecular complexity index is 1410. The van der Waals surface area contributed by atoms with Crippen molar-refractivity contribution in [3.63, 3.8) is 0 Å². The molecule has 0 unspecified atom stereocenters. The molecule has 3 aromatic carbocycles. The third kappa shape index (κ3) is 4.38. The zero-order valence-electron chi connectivity index (χ0n) is 17.4. The molecule has 5 rings (SSSR count). The maximum atomic E-state index is 14.0. The van der Waals surface area contributed by atoms with Crippen LogP contribution >= 0.6 is 27.7 Å². The molecule has 1 aliphatic heterocycles. The standard InChI is InChI=1S/C26H18BrFN2O2S/c27-20-11-9-17(10-12-20)14-29-15-19(21-6-2-4-8-23(21)29)13-24-25(31)30(26(32)33-24)16-18-5-1-3-7-22(18)28/h1-13,15H,14,16H2/b24-13-. The summed E-state index contributed by atoms with van der Waals surface area (Å²) in [6, 6.07) is 22.3. The summed E-state index contributed by atoms with van der Waals surface area (Å²) in [6.45, 7) is 0.594. The number of hydrogen-bond acceptors (Lipinski definition) is 3. The van der Waals surface area contributed by atoms with Crippen molar-refractivity contribution in [2.24, 2.45) is 0 Å². The number of halogens is 2. The van der Waals surface area contributed by atoms with Gasteiger partial charge in [-0.1, -0.05) is 64.5 Å². The number of hydrogen-bond donors (Lipinski definition) is 0. The minimum Gasteiger partial charge on any atom is -0.342 e. The number of benzene rings is 3. The Hall–Kier alpha value is -3.16. The quantitative estimate of drug-likeness (QED) is 0.271. The predicted octanol–water partition coefficient (Wildman–Crippen LogP) is 6.83. The van der Waals surface area contributed by atoms with E-state index in [2.05, 4.69) is 32.6 Å². The van der Waals surface area contributed by atoms with Crippen LogP contribution in [-0.2, 0) is 17.9 Å². The minimum atomic E-state index is -0.434. The Morgan fingerprint density at radius 1 is 0.909 bits per heavy atom. The van der Waals surface area contributed by atoms with E-state index in [0.717, 1.165) is 43.2 Å². The summed E-state index contributed by atoms with van der Waals surface area (Å²) in [4.78, 5) is 26.9. The van der Waals surface area contributed by atoms with Crippen molar-refractivity contribution in [3.05, 3.63) is 111 Å². The molecular weight excluding hydrogens is 503 g/mol. The van der Waals surface area contributed by atoms with Crippen molar-refractivity contribution in [2.75, 3.05) is 0 Å². The van der Waals surface area contributed by atoms with Crippen molar-refractivity contribution >= 4 is 55.8 Å². The predicted molar refractivity (Wildman–Crippen MR) is 133 cm³/mol. The molecule has 0 atom stereocenters. The maximum Gasteiger partial charge on any atom is 0.293 e. The van der Waals surface area contributed by atoms with Gasteiger partial charge in [-0.2, -0.15) is 0 Å². The van der Waals surface area contributed by atoms with Crippen molar-refractivity contribution in [1.29, 1.82) is 0 Å². The largest absolute Gasteiger partial charge is 0.342 e. The lowest BCUT2D eigenvalue weighted by molar-refractivity contribution is -0.123. The van der Waals surface area contributed by atoms with Crippen molar-refractivity contribution < 1.29 is 14.0 Å². The van der Waals surface area contributed by atoms with Gasteiger partial charge in [-0.15, -0.1) is 0 Å². The van der Waals surface area contributed by atoms with Gasteiger partial charge in [0.2, 0.25) is 0 Å². The first-order chi connectivity index (χ1) is 16.0. The van der Waals surface area contributed by atoms with E-state index in [1.807, 2.05) is 42.6 Å². The Balaban J connectivity index is 1.46. The Morgan fingerprint density at radius 3 is 2.42 bits per heavy atom. The molecule has 1 aromatic heterocycles. The van der Waals surface area contributed by atoms with Gasteiger partial charge in [-0.05, 0) is 47.7 Å². The summed E-state index contributed by atoms with van der Waals surface area (Å²) in [5, 5.41) is 0.601. The number of amides is 2. The molecule has 164 valence electrons. The highest BCUT2D eigenvalue weighted by molar-refractivity contribution is 9.10. The summed E-state index contributed by atoms with van der Waals surface area (Å²) in [5.41, 5.74) is 3.36. The summed E-state index contributed by atoms with van der Waals surface area (Å²) >= 11 is 4.35. The topological polar surface area (TPSA) is 42.3 Å². The van der Waals surface area contributed by atoms with Gasteiger partial charge in [0.15, 0.2) is 0 Å². The van der Waals surface area contributed by atoms with Crippen LogP contribution in [0.2, 0.25) is 0 Å². The molecule has 0 bridgehead atoms. The van der Waals surface area contributed by atoms with E-state index >= 15 is 0 Å². The normalized spacial score (nSPS) is 15.2. The third-order valence-corrected chi connectivity index (χ3v) is 6.97. The van der Waals surface area contributed by atoms with E-state index in [-0.39, 0.29) is 6.54 Å². The number of carbonyl (C=O) groups excluding carboxylic acids is 2. The van der Waals surface area contributed by atoms with Crippen LogP contribution in [0, 0.1) is 5.82 Å². The van der Waals surface area contributed by atoms with Crippen LogP contribution in [0.4, 0.5) is 9.18 Å². The molecule has 0 radical (unpaired) electrons. The SMILES string of the molecule is O=C1S/C(=C\c2cn(Cc3ccc(Br)cc3)c3ccccc23)C(=O)N1Cc1ccccc1F. The number of imide groups is 1. The van der Waals surface area contributed by atoms with Crippen LogP contribution in [0.25, 0.3) is 17.0 Å². The van der Waals surface area contributed by atoms with Gasteiger partial charge < -0.3 is 4.57 Å². The van der Waals surface area contributed by atoms with E-state index in [1.165, 1.54) is 6.07 Å². The van der Waals surface area contributed by atoms with Crippen LogP contribution in [0.1, 0.15) is 16.7 Å². The van der Waals surface area contributed by atoms with Crippen LogP contribution < -0.4 is 0 Å². The molecular formula is C26H18BrFN2O2S. The van der Waals surface area contributed by atoms with Gasteiger partial charge in [0.25, 0.3) is 11.1 Å². The fourth-order valence-corrected chi connectivity index (χ4v) is 4.98. The number of para-hydroxylation sites is 1. The van der Waals surface area contributed by atoms with Crippen molar-refractivity contribution in [2.45, 2.75) is 13.1 Å². The van der Waals surface area contributed by atoms with Crippen LogP contribution in [-0.4, -0.2) is 20.6 Å². The molecule has 0 N–H and O–H groups in total. The average Bonchev–Trinajstić information content (AvgIpc) is 3.29. The van der Waals surface area contributed by atoms with Crippen LogP contribution in [0.15, 0.2) is 88.4 Å². The first-order valence-electron chi connectivity index (χ1n) is 10.3. The highest BCUT2D eigenvalue weighted by Gasteiger charge is 2.35. The monoisotopic (exact) mass is 520 g/mol. The molecule has 4 nitrogen and oxygen atoms in total. The van der Waals surface area contributed by atoms with Gasteiger partial charge in [-0.3, -0.25) is 14.5 Å². The zero-order chi connectivity index (χ0) is 22.9. The Kier molecular flexibility index (Phi) is 5.91. The molecule has 2 amide bonds. The van der Waals surface area contributed by atoms with E-state index in [9.17, 15) is 14.0 Å². The Morgan fingerprint density at radius 2 is 1.64 bits per heavy atom. The minimum absolute atomic E-state index is 0.0833. The first-order valence-corrected chi connectivity index (χ1v) is 11.9. The number of thioether (sulfide) groups is 1. The number of nitrogens with zero attached hydrogens (tertiary/aromatic N) is 2. The molecule has 4 aromatic rings. The van der Waals surface area contributed by atoms with Gasteiger partial charge in [-0.25, -0.2) is 4.39 Å². The Labute approximate surface area is 202 Å². The zero-order valence-corrected chi connectivity index (χ0v) is 19.8. The summed E-state index contributed by atoms with van der Waals surface area (Å²) in [5.74, 6) is -0.838. The fourth-order valence-electron chi connectivity index (χ4n) is 3.88. The van der Waals surface area contributed by atoms with Gasteiger partial charge in [0, 0.05) is 39.2 Å². The first kappa shape index (κ1) is 21.7. The number of rotatable bonds is 5. The highest BCUT2D eigenvalue weighted by Crippen LogP contribution is 2.35. The lowest BCUT2D eigenvalue weighted by Crippen LogP contribution is -2.27. The molecule has 7 heteroatoms. The lowest BCUT2D eigenvalue weighted by atomic mass is 10.1. The second-order valence-corrected chi connectivity index (χ2v) is 9.62. The number of fused-ring (bicyclic) bond motifs is 1. The van der Waals surface area contributed by atoms with E-state index in [4.69, 9.17) is 0 Å². The van der Waals surface area contributed by atoms with Gasteiger partial charge >= 0.3 is 0 Å². The maximum absolute atomic E-state index is 14.0. The van der Waals surface area contributed by atoms with E-state index in [0.29, 0.717) is 17.0 Å². The lowest BCUT2D eigenvalue weighted by Gasteiger charge is -2.12. The molecule has 2 heterocycles. The molecule has 33 heavy (non-hydrogen) atoms. The number of carbonyl (C=O) groups is 2. The van der Waals surface area contributed by atoms with Crippen LogP contribution in [0.3, 0.4) is 0 Å². The van der Waals surface area contributed by atoms with Gasteiger partial charge in [0.1, 0.15) is 5.82 Å². The highest BCUT2D eigenvalue weighted by atomic mass is 79.9. The smallest absolute Gasteiger partial charge is 0.293 e. The molecule has 1 aliphatic rings. The molecule has 0 aliphatic carbocycles. The molecule has 0 spiro atoms. The second-order valence-electron chi connectivity index (χ2n) is 7.72. The van der Waals surface area contributed by atoms with Crippen molar-refractivity contribution in [3.8, 4) is 0 Å².